The van der Waals surface area contributed by atoms with Crippen LogP contribution in [0, 0.1) is 0 Å². The Morgan fingerprint density at radius 2 is 1.36 bits per heavy atom. The highest BCUT2D eigenvalue weighted by Crippen LogP contribution is 2.24. The fraction of sp³-hybridized carbons (Fsp3) is 0.240. The number of aromatic amines is 1. The number of piperazine rings is 1. The van der Waals surface area contributed by atoms with E-state index in [0.717, 1.165) is 5.56 Å². The van der Waals surface area contributed by atoms with Gasteiger partial charge in [-0.25, -0.2) is 0 Å². The fourth-order valence-electron chi connectivity index (χ4n) is 3.82. The Balaban J connectivity index is 1.43. The number of carbonyl (C=O) groups excluding carboxylic acids is 2. The fourth-order valence-corrected chi connectivity index (χ4v) is 3.82. The molecule has 0 bridgehead atoms. The molecular weight excluding hydrogens is 422 g/mol. The minimum atomic E-state index is -0.427. The summed E-state index contributed by atoms with van der Waals surface area (Å²) in [5.74, 6) is 0.560. The standard InChI is InChI=1S/C25H25N3O5/c1-32-19-14-18(15-20(16-19)33-2)24(30)27-10-12-28(13-11-27)25(31)21-8-9-22(26-23(21)29)17-6-4-3-5-7-17/h3-9,14-16H,10-13H2,1-2H3,(H,26,29). The third-order valence-electron chi connectivity index (χ3n) is 5.68. The van der Waals surface area contributed by atoms with Crippen LogP contribution in [0.1, 0.15) is 20.7 Å². The number of hydrogen-bond acceptors (Lipinski definition) is 5. The van der Waals surface area contributed by atoms with Gasteiger partial charge < -0.3 is 24.3 Å². The van der Waals surface area contributed by atoms with Crippen molar-refractivity contribution in [1.29, 1.82) is 0 Å². The van der Waals surface area contributed by atoms with E-state index in [1.54, 1.807) is 40.1 Å². The first kappa shape index (κ1) is 22.1. The Morgan fingerprint density at radius 3 is 1.91 bits per heavy atom. The molecule has 1 fully saturated rings. The van der Waals surface area contributed by atoms with Crippen LogP contribution in [-0.4, -0.2) is 67.0 Å². The van der Waals surface area contributed by atoms with Crippen molar-refractivity contribution in [1.82, 2.24) is 14.8 Å². The first-order valence-electron chi connectivity index (χ1n) is 10.6. The van der Waals surface area contributed by atoms with Gasteiger partial charge in [0, 0.05) is 43.5 Å². The van der Waals surface area contributed by atoms with E-state index in [9.17, 15) is 14.4 Å². The number of H-pyrrole nitrogens is 1. The van der Waals surface area contributed by atoms with Crippen molar-refractivity contribution in [2.24, 2.45) is 0 Å². The number of hydrogen-bond donors (Lipinski definition) is 1. The summed E-state index contributed by atoms with van der Waals surface area (Å²) < 4.78 is 10.5. The van der Waals surface area contributed by atoms with Gasteiger partial charge in [0.05, 0.1) is 14.2 Å². The first-order valence-corrected chi connectivity index (χ1v) is 10.6. The second-order valence-electron chi connectivity index (χ2n) is 7.67. The molecule has 8 heteroatoms. The zero-order chi connectivity index (χ0) is 23.4. The van der Waals surface area contributed by atoms with Crippen molar-refractivity contribution in [2.45, 2.75) is 0 Å². The summed E-state index contributed by atoms with van der Waals surface area (Å²) in [6.45, 7) is 1.41. The molecule has 3 aromatic rings. The number of rotatable bonds is 5. The Kier molecular flexibility index (Phi) is 6.44. The molecule has 1 aliphatic heterocycles. The van der Waals surface area contributed by atoms with E-state index in [1.165, 1.54) is 14.2 Å². The summed E-state index contributed by atoms with van der Waals surface area (Å²) in [4.78, 5) is 44.6. The second kappa shape index (κ2) is 9.60. The molecule has 0 atom stereocenters. The summed E-state index contributed by atoms with van der Waals surface area (Å²) >= 11 is 0. The summed E-state index contributed by atoms with van der Waals surface area (Å²) in [5, 5.41) is 0. The average Bonchev–Trinajstić information content (AvgIpc) is 2.88. The maximum absolute atomic E-state index is 13.0. The largest absolute Gasteiger partial charge is 0.497 e. The molecule has 2 amide bonds. The predicted molar refractivity (Wildman–Crippen MR) is 124 cm³/mol. The number of benzene rings is 2. The van der Waals surface area contributed by atoms with E-state index >= 15 is 0 Å². The van der Waals surface area contributed by atoms with Crippen LogP contribution in [0.3, 0.4) is 0 Å². The highest BCUT2D eigenvalue weighted by Gasteiger charge is 2.27. The smallest absolute Gasteiger partial charge is 0.261 e. The Bertz CT molecular complexity index is 1190. The van der Waals surface area contributed by atoms with Gasteiger partial charge in [0.2, 0.25) is 0 Å². The lowest BCUT2D eigenvalue weighted by molar-refractivity contribution is 0.0534. The normalized spacial score (nSPS) is 13.5. The Hall–Kier alpha value is -4.07. The predicted octanol–water partition coefficient (Wildman–Crippen LogP) is 2.66. The number of aromatic nitrogens is 1. The quantitative estimate of drug-likeness (QED) is 0.649. The van der Waals surface area contributed by atoms with Crippen molar-refractivity contribution >= 4 is 11.8 Å². The van der Waals surface area contributed by atoms with Crippen LogP contribution in [0.2, 0.25) is 0 Å². The molecule has 2 heterocycles. The van der Waals surface area contributed by atoms with Gasteiger partial charge in [0.1, 0.15) is 17.1 Å². The average molecular weight is 447 g/mol. The van der Waals surface area contributed by atoms with Gasteiger partial charge in [-0.15, -0.1) is 0 Å². The van der Waals surface area contributed by atoms with Crippen LogP contribution in [0.4, 0.5) is 0 Å². The van der Waals surface area contributed by atoms with Gasteiger partial charge in [0.15, 0.2) is 0 Å². The van der Waals surface area contributed by atoms with Gasteiger partial charge in [-0.1, -0.05) is 30.3 Å². The molecule has 1 aromatic heterocycles. The molecule has 33 heavy (non-hydrogen) atoms. The number of carbonyl (C=O) groups is 2. The molecule has 8 nitrogen and oxygen atoms in total. The van der Waals surface area contributed by atoms with Crippen LogP contribution in [0.5, 0.6) is 11.5 Å². The van der Waals surface area contributed by atoms with Gasteiger partial charge in [-0.3, -0.25) is 14.4 Å². The number of amides is 2. The molecule has 0 unspecified atom stereocenters. The molecule has 1 aliphatic rings. The third-order valence-corrected chi connectivity index (χ3v) is 5.68. The number of nitrogens with zero attached hydrogens (tertiary/aromatic N) is 2. The summed E-state index contributed by atoms with van der Waals surface area (Å²) in [5.41, 5.74) is 1.64. The number of methoxy groups -OCH3 is 2. The maximum Gasteiger partial charge on any atom is 0.261 e. The van der Waals surface area contributed by atoms with Crippen molar-refractivity contribution in [3.63, 3.8) is 0 Å². The van der Waals surface area contributed by atoms with Crippen molar-refractivity contribution in [3.05, 3.63) is 82.1 Å². The first-order chi connectivity index (χ1) is 16.0. The molecular formula is C25H25N3O5. The zero-order valence-electron chi connectivity index (χ0n) is 18.5. The zero-order valence-corrected chi connectivity index (χ0v) is 18.5. The molecule has 0 saturated carbocycles. The minimum absolute atomic E-state index is 0.0898. The summed E-state index contributed by atoms with van der Waals surface area (Å²) in [6.07, 6.45) is 0. The van der Waals surface area contributed by atoms with E-state index in [0.29, 0.717) is 48.9 Å². The Morgan fingerprint density at radius 1 is 0.788 bits per heavy atom. The number of pyridine rings is 1. The molecule has 0 spiro atoms. The van der Waals surface area contributed by atoms with Crippen LogP contribution >= 0.6 is 0 Å². The maximum atomic E-state index is 13.0. The SMILES string of the molecule is COc1cc(OC)cc(C(=O)N2CCN(C(=O)c3ccc(-c4ccccc4)[nH]c3=O)CC2)c1. The molecule has 1 N–H and O–H groups in total. The molecule has 4 rings (SSSR count). The highest BCUT2D eigenvalue weighted by atomic mass is 16.5. The van der Waals surface area contributed by atoms with Crippen LogP contribution < -0.4 is 15.0 Å². The lowest BCUT2D eigenvalue weighted by atomic mass is 10.1. The van der Waals surface area contributed by atoms with Gasteiger partial charge in [-0.05, 0) is 29.8 Å². The van der Waals surface area contributed by atoms with Crippen molar-refractivity contribution in [3.8, 4) is 22.8 Å². The minimum Gasteiger partial charge on any atom is -0.497 e. The number of nitrogens with one attached hydrogen (secondary N) is 1. The lowest BCUT2D eigenvalue weighted by Crippen LogP contribution is -2.51. The topological polar surface area (TPSA) is 91.9 Å². The Labute approximate surface area is 191 Å². The molecule has 170 valence electrons. The van der Waals surface area contributed by atoms with Gasteiger partial charge >= 0.3 is 0 Å². The summed E-state index contributed by atoms with van der Waals surface area (Å²) in [6, 6.07) is 17.8. The molecule has 2 aromatic carbocycles. The van der Waals surface area contributed by atoms with E-state index in [4.69, 9.17) is 9.47 Å². The van der Waals surface area contributed by atoms with E-state index in [-0.39, 0.29) is 17.4 Å². The highest BCUT2D eigenvalue weighted by molar-refractivity contribution is 5.96. The van der Waals surface area contributed by atoms with E-state index in [2.05, 4.69) is 4.98 Å². The van der Waals surface area contributed by atoms with E-state index in [1.807, 2.05) is 30.3 Å². The number of ether oxygens (including phenoxy) is 2. The molecule has 0 radical (unpaired) electrons. The molecule has 0 aliphatic carbocycles. The molecule has 1 saturated heterocycles. The van der Waals surface area contributed by atoms with Gasteiger partial charge in [-0.2, -0.15) is 0 Å². The van der Waals surface area contributed by atoms with Crippen molar-refractivity contribution < 1.29 is 19.1 Å². The van der Waals surface area contributed by atoms with Crippen LogP contribution in [-0.2, 0) is 0 Å². The third kappa shape index (κ3) is 4.74. The van der Waals surface area contributed by atoms with Crippen LogP contribution in [0.25, 0.3) is 11.3 Å². The van der Waals surface area contributed by atoms with Gasteiger partial charge in [0.25, 0.3) is 17.4 Å². The summed E-state index contributed by atoms with van der Waals surface area (Å²) in [7, 11) is 3.06. The van der Waals surface area contributed by atoms with E-state index < -0.39 is 5.56 Å². The van der Waals surface area contributed by atoms with Crippen LogP contribution in [0.15, 0.2) is 65.5 Å². The second-order valence-corrected chi connectivity index (χ2v) is 7.67. The monoisotopic (exact) mass is 447 g/mol. The van der Waals surface area contributed by atoms with Crippen molar-refractivity contribution in [2.75, 3.05) is 40.4 Å². The lowest BCUT2D eigenvalue weighted by Gasteiger charge is -2.34.